The van der Waals surface area contributed by atoms with Gasteiger partial charge in [-0.3, -0.25) is 0 Å². The van der Waals surface area contributed by atoms with Gasteiger partial charge in [-0.2, -0.15) is 0 Å². The highest BCUT2D eigenvalue weighted by Gasteiger charge is 2.11. The maximum Gasteiger partial charge on any atom is 0.131 e. The molecule has 5 heteroatoms. The molecule has 0 aliphatic carbocycles. The number of aromatic nitrogens is 1. The summed E-state index contributed by atoms with van der Waals surface area (Å²) in [6, 6.07) is 10.4. The van der Waals surface area contributed by atoms with Crippen LogP contribution in [0.2, 0.25) is 0 Å². The molecule has 130 valence electrons. The molecule has 3 aromatic rings. The van der Waals surface area contributed by atoms with E-state index in [0.717, 1.165) is 21.9 Å². The molecule has 0 unspecified atom stereocenters. The van der Waals surface area contributed by atoms with Crippen molar-refractivity contribution in [1.82, 2.24) is 10.3 Å². The van der Waals surface area contributed by atoms with Gasteiger partial charge in [0, 0.05) is 28.2 Å². The highest BCUT2D eigenvalue weighted by molar-refractivity contribution is 5.97. The van der Waals surface area contributed by atoms with Crippen LogP contribution in [0.1, 0.15) is 18.4 Å². The molecule has 0 radical (unpaired) electrons. The zero-order valence-corrected chi connectivity index (χ0v) is 14.3. The molecule has 2 heterocycles. The standard InChI is InChI=1S/C16H14FN3.C4H9N/c1-9-3-2-4-13(17)16(9)10-5-11-8-20-15(19)7-12(11)14(18)6-10;1-2-4-5-3-1/h2-8H,18H2,1H3,(H2,19,20);5H,1-4H2. The summed E-state index contributed by atoms with van der Waals surface area (Å²) >= 11 is 0. The van der Waals surface area contributed by atoms with Gasteiger partial charge in [0.1, 0.15) is 11.6 Å². The number of halogens is 1. The van der Waals surface area contributed by atoms with Crippen molar-refractivity contribution in [2.45, 2.75) is 19.8 Å². The summed E-state index contributed by atoms with van der Waals surface area (Å²) in [5, 5.41) is 4.90. The van der Waals surface area contributed by atoms with Gasteiger partial charge in [-0.25, -0.2) is 9.37 Å². The lowest BCUT2D eigenvalue weighted by Crippen LogP contribution is -2.03. The third kappa shape index (κ3) is 3.88. The largest absolute Gasteiger partial charge is 0.398 e. The molecule has 0 amide bonds. The maximum absolute atomic E-state index is 14.1. The van der Waals surface area contributed by atoms with Gasteiger partial charge in [0.15, 0.2) is 0 Å². The number of rotatable bonds is 1. The van der Waals surface area contributed by atoms with Crippen molar-refractivity contribution >= 4 is 22.3 Å². The number of hydrogen-bond donors (Lipinski definition) is 3. The Morgan fingerprint density at radius 1 is 1.08 bits per heavy atom. The first-order valence-electron chi connectivity index (χ1n) is 8.47. The molecule has 1 aliphatic heterocycles. The smallest absolute Gasteiger partial charge is 0.131 e. The van der Waals surface area contributed by atoms with E-state index in [4.69, 9.17) is 11.5 Å². The second-order valence-electron chi connectivity index (χ2n) is 6.28. The summed E-state index contributed by atoms with van der Waals surface area (Å²) < 4.78 is 14.1. The van der Waals surface area contributed by atoms with E-state index in [2.05, 4.69) is 10.3 Å². The Kier molecular flexibility index (Phi) is 5.14. The summed E-state index contributed by atoms with van der Waals surface area (Å²) in [4.78, 5) is 4.06. The number of nitrogens with two attached hydrogens (primary N) is 2. The van der Waals surface area contributed by atoms with E-state index in [0.29, 0.717) is 17.1 Å². The minimum atomic E-state index is -0.257. The molecule has 1 aliphatic rings. The average molecular weight is 338 g/mol. The van der Waals surface area contributed by atoms with Crippen molar-refractivity contribution in [1.29, 1.82) is 0 Å². The third-order valence-corrected chi connectivity index (χ3v) is 4.36. The molecular weight excluding hydrogens is 315 g/mol. The number of aryl methyl sites for hydroxylation is 1. The normalized spacial score (nSPS) is 13.5. The SMILES string of the molecule is C1CCNC1.Cc1cccc(F)c1-c1cc(N)c2cc(N)ncc2c1. The molecule has 4 nitrogen and oxygen atoms in total. The minimum absolute atomic E-state index is 0.257. The fourth-order valence-electron chi connectivity index (χ4n) is 3.07. The Bertz CT molecular complexity index is 860. The van der Waals surface area contributed by atoms with Gasteiger partial charge in [0.2, 0.25) is 0 Å². The summed E-state index contributed by atoms with van der Waals surface area (Å²) in [6.07, 6.45) is 4.43. The quantitative estimate of drug-likeness (QED) is 0.588. The second-order valence-corrected chi connectivity index (χ2v) is 6.28. The van der Waals surface area contributed by atoms with Crippen molar-refractivity contribution in [3.05, 3.63) is 54.0 Å². The molecule has 1 fully saturated rings. The van der Waals surface area contributed by atoms with Gasteiger partial charge in [-0.05, 0) is 68.2 Å². The third-order valence-electron chi connectivity index (χ3n) is 4.36. The summed E-state index contributed by atoms with van der Waals surface area (Å²) in [7, 11) is 0. The van der Waals surface area contributed by atoms with Gasteiger partial charge in [0.05, 0.1) is 0 Å². The van der Waals surface area contributed by atoms with Crippen LogP contribution >= 0.6 is 0 Å². The molecule has 1 aromatic heterocycles. The Morgan fingerprint density at radius 2 is 1.84 bits per heavy atom. The number of fused-ring (bicyclic) bond motifs is 1. The molecular formula is C20H23FN4. The molecule has 25 heavy (non-hydrogen) atoms. The fraction of sp³-hybridized carbons (Fsp3) is 0.250. The van der Waals surface area contributed by atoms with E-state index in [1.165, 1.54) is 32.0 Å². The Labute approximate surface area is 147 Å². The first-order valence-corrected chi connectivity index (χ1v) is 8.47. The summed E-state index contributed by atoms with van der Waals surface area (Å²) in [6.45, 7) is 4.38. The van der Waals surface area contributed by atoms with E-state index < -0.39 is 0 Å². The highest BCUT2D eigenvalue weighted by Crippen LogP contribution is 2.32. The van der Waals surface area contributed by atoms with E-state index in [1.54, 1.807) is 24.4 Å². The lowest BCUT2D eigenvalue weighted by atomic mass is 9.97. The van der Waals surface area contributed by atoms with Crippen LogP contribution in [0.3, 0.4) is 0 Å². The first-order chi connectivity index (χ1) is 12.1. The highest BCUT2D eigenvalue weighted by atomic mass is 19.1. The lowest BCUT2D eigenvalue weighted by molar-refractivity contribution is 0.630. The van der Waals surface area contributed by atoms with Crippen molar-refractivity contribution in [2.75, 3.05) is 24.6 Å². The van der Waals surface area contributed by atoms with Gasteiger partial charge < -0.3 is 16.8 Å². The van der Waals surface area contributed by atoms with Crippen molar-refractivity contribution < 1.29 is 4.39 Å². The second kappa shape index (κ2) is 7.49. The first kappa shape index (κ1) is 17.2. The lowest BCUT2D eigenvalue weighted by Gasteiger charge is -2.11. The van der Waals surface area contributed by atoms with Crippen molar-refractivity contribution in [3.63, 3.8) is 0 Å². The topological polar surface area (TPSA) is 77.0 Å². The van der Waals surface area contributed by atoms with Crippen LogP contribution in [0.25, 0.3) is 21.9 Å². The predicted molar refractivity (Wildman–Crippen MR) is 103 cm³/mol. The van der Waals surface area contributed by atoms with E-state index in [1.807, 2.05) is 19.1 Å². The fourth-order valence-corrected chi connectivity index (χ4v) is 3.07. The van der Waals surface area contributed by atoms with E-state index in [9.17, 15) is 4.39 Å². The zero-order chi connectivity index (χ0) is 17.8. The van der Waals surface area contributed by atoms with Gasteiger partial charge in [-0.1, -0.05) is 12.1 Å². The number of nitrogens with zero attached hydrogens (tertiary/aromatic N) is 1. The maximum atomic E-state index is 14.1. The summed E-state index contributed by atoms with van der Waals surface area (Å²) in [5.74, 6) is 0.158. The summed E-state index contributed by atoms with van der Waals surface area (Å²) in [5.41, 5.74) is 14.5. The Balaban J connectivity index is 0.000000314. The number of pyridine rings is 1. The molecule has 0 atom stereocenters. The van der Waals surface area contributed by atoms with Crippen LogP contribution in [0.4, 0.5) is 15.9 Å². The molecule has 5 N–H and O–H groups in total. The number of anilines is 2. The van der Waals surface area contributed by atoms with Crippen molar-refractivity contribution in [3.8, 4) is 11.1 Å². The number of nitrogens with one attached hydrogen (secondary N) is 1. The van der Waals surface area contributed by atoms with Crippen LogP contribution < -0.4 is 16.8 Å². The number of hydrogen-bond acceptors (Lipinski definition) is 4. The number of benzene rings is 2. The van der Waals surface area contributed by atoms with Crippen LogP contribution in [0.15, 0.2) is 42.6 Å². The minimum Gasteiger partial charge on any atom is -0.398 e. The molecule has 0 bridgehead atoms. The van der Waals surface area contributed by atoms with E-state index in [-0.39, 0.29) is 5.82 Å². The van der Waals surface area contributed by atoms with E-state index >= 15 is 0 Å². The van der Waals surface area contributed by atoms with Crippen LogP contribution in [-0.4, -0.2) is 18.1 Å². The Morgan fingerprint density at radius 3 is 2.48 bits per heavy atom. The van der Waals surface area contributed by atoms with Gasteiger partial charge >= 0.3 is 0 Å². The molecule has 2 aromatic carbocycles. The molecule has 4 rings (SSSR count). The number of nitrogen functional groups attached to an aromatic ring is 2. The monoisotopic (exact) mass is 338 g/mol. The van der Waals surface area contributed by atoms with Crippen LogP contribution in [-0.2, 0) is 0 Å². The van der Waals surface area contributed by atoms with Gasteiger partial charge in [0.25, 0.3) is 0 Å². The van der Waals surface area contributed by atoms with Crippen molar-refractivity contribution in [2.24, 2.45) is 0 Å². The molecule has 1 saturated heterocycles. The predicted octanol–water partition coefficient (Wildman–Crippen LogP) is 3.88. The van der Waals surface area contributed by atoms with Crippen LogP contribution in [0.5, 0.6) is 0 Å². The molecule has 0 saturated carbocycles. The van der Waals surface area contributed by atoms with Gasteiger partial charge in [-0.15, -0.1) is 0 Å². The molecule has 0 spiro atoms. The van der Waals surface area contributed by atoms with Crippen LogP contribution in [0, 0.1) is 12.7 Å². The Hall–Kier alpha value is -2.66. The zero-order valence-electron chi connectivity index (χ0n) is 14.3. The average Bonchev–Trinajstić information content (AvgIpc) is 3.15.